The van der Waals surface area contributed by atoms with Crippen molar-refractivity contribution in [3.05, 3.63) is 23.8 Å². The maximum absolute atomic E-state index is 12.0. The molecule has 1 aliphatic heterocycles. The van der Waals surface area contributed by atoms with Gasteiger partial charge in [-0.1, -0.05) is 12.1 Å². The molecule has 0 bridgehead atoms. The average Bonchev–Trinajstić information content (AvgIpc) is 2.36. The molecule has 1 fully saturated rings. The molecule has 0 radical (unpaired) electrons. The number of carbonyl (C=O) groups is 1. The van der Waals surface area contributed by atoms with Crippen LogP contribution in [-0.2, 0) is 4.79 Å². The molecule has 1 aromatic rings. The summed E-state index contributed by atoms with van der Waals surface area (Å²) in [5.41, 5.74) is 1.27. The van der Waals surface area contributed by atoms with Crippen LogP contribution in [-0.4, -0.2) is 24.1 Å². The molecule has 4 heteroatoms. The standard InChI is InChI=1S/C13H18N2O2/c1-9-4-2-6-11(12(9)16)15-13(17)10-5-3-7-14-8-10/h2,4,6,10,14,16H,3,5,7-8H2,1H3,(H,15,17). The number of anilines is 1. The molecule has 1 aromatic carbocycles. The van der Waals surface area contributed by atoms with Gasteiger partial charge < -0.3 is 15.7 Å². The number of benzene rings is 1. The van der Waals surface area contributed by atoms with Crippen molar-refractivity contribution in [3.63, 3.8) is 0 Å². The number of carbonyl (C=O) groups excluding carboxylic acids is 1. The molecule has 0 saturated carbocycles. The Morgan fingerprint density at radius 3 is 3.06 bits per heavy atom. The molecule has 1 amide bonds. The molecular weight excluding hydrogens is 216 g/mol. The number of nitrogens with one attached hydrogen (secondary N) is 2. The van der Waals surface area contributed by atoms with Gasteiger partial charge in [0.25, 0.3) is 0 Å². The Bertz CT molecular complexity index is 412. The van der Waals surface area contributed by atoms with Gasteiger partial charge in [-0.15, -0.1) is 0 Å². The number of amides is 1. The Labute approximate surface area is 101 Å². The minimum Gasteiger partial charge on any atom is -0.505 e. The molecule has 92 valence electrons. The zero-order chi connectivity index (χ0) is 12.3. The fourth-order valence-corrected chi connectivity index (χ4v) is 2.07. The monoisotopic (exact) mass is 234 g/mol. The molecular formula is C13H18N2O2. The lowest BCUT2D eigenvalue weighted by molar-refractivity contribution is -0.120. The summed E-state index contributed by atoms with van der Waals surface area (Å²) in [5.74, 6) is 0.145. The van der Waals surface area contributed by atoms with E-state index in [1.807, 2.05) is 19.1 Å². The third-order valence-corrected chi connectivity index (χ3v) is 3.16. The van der Waals surface area contributed by atoms with E-state index < -0.39 is 0 Å². The van der Waals surface area contributed by atoms with Crippen molar-refractivity contribution in [1.82, 2.24) is 5.32 Å². The van der Waals surface area contributed by atoms with Crippen LogP contribution in [0.25, 0.3) is 0 Å². The molecule has 0 spiro atoms. The first-order valence-corrected chi connectivity index (χ1v) is 5.98. The highest BCUT2D eigenvalue weighted by atomic mass is 16.3. The summed E-state index contributed by atoms with van der Waals surface area (Å²) < 4.78 is 0. The Hall–Kier alpha value is -1.55. The van der Waals surface area contributed by atoms with Crippen LogP contribution in [0.4, 0.5) is 5.69 Å². The lowest BCUT2D eigenvalue weighted by Crippen LogP contribution is -2.37. The minimum absolute atomic E-state index is 0.00339. The van der Waals surface area contributed by atoms with E-state index in [9.17, 15) is 9.90 Å². The van der Waals surface area contributed by atoms with Crippen molar-refractivity contribution >= 4 is 11.6 Å². The van der Waals surface area contributed by atoms with Gasteiger partial charge in [-0.25, -0.2) is 0 Å². The van der Waals surface area contributed by atoms with Gasteiger partial charge in [0, 0.05) is 6.54 Å². The molecule has 1 unspecified atom stereocenters. The van der Waals surface area contributed by atoms with Crippen LogP contribution in [0.1, 0.15) is 18.4 Å². The van der Waals surface area contributed by atoms with Gasteiger partial charge in [-0.2, -0.15) is 0 Å². The SMILES string of the molecule is Cc1cccc(NC(=O)C2CCCNC2)c1O. The normalized spacial score (nSPS) is 19.9. The van der Waals surface area contributed by atoms with E-state index in [4.69, 9.17) is 0 Å². The molecule has 17 heavy (non-hydrogen) atoms. The number of aryl methyl sites for hydroxylation is 1. The number of hydrogen-bond acceptors (Lipinski definition) is 3. The number of hydrogen-bond donors (Lipinski definition) is 3. The molecule has 3 N–H and O–H groups in total. The molecule has 0 aliphatic carbocycles. The van der Waals surface area contributed by atoms with Crippen LogP contribution in [0.3, 0.4) is 0 Å². The number of phenolic OH excluding ortho intramolecular Hbond substituents is 1. The van der Waals surface area contributed by atoms with Crippen LogP contribution in [0, 0.1) is 12.8 Å². The zero-order valence-electron chi connectivity index (χ0n) is 9.99. The van der Waals surface area contributed by atoms with Gasteiger partial charge >= 0.3 is 0 Å². The Balaban J connectivity index is 2.04. The van der Waals surface area contributed by atoms with Crippen molar-refractivity contribution in [2.75, 3.05) is 18.4 Å². The molecule has 4 nitrogen and oxygen atoms in total. The minimum atomic E-state index is -0.0156. The van der Waals surface area contributed by atoms with E-state index in [1.54, 1.807) is 6.07 Å². The lowest BCUT2D eigenvalue weighted by Gasteiger charge is -2.22. The van der Waals surface area contributed by atoms with Crippen LogP contribution >= 0.6 is 0 Å². The number of phenols is 1. The van der Waals surface area contributed by atoms with Gasteiger partial charge in [0.05, 0.1) is 11.6 Å². The fraction of sp³-hybridized carbons (Fsp3) is 0.462. The van der Waals surface area contributed by atoms with Gasteiger partial charge in [0.15, 0.2) is 0 Å². The predicted octanol–water partition coefficient (Wildman–Crippen LogP) is 1.64. The van der Waals surface area contributed by atoms with Crippen molar-refractivity contribution in [2.45, 2.75) is 19.8 Å². The molecule has 1 atom stereocenters. The number of aromatic hydroxyl groups is 1. The van der Waals surface area contributed by atoms with Crippen LogP contribution < -0.4 is 10.6 Å². The van der Waals surface area contributed by atoms with Crippen LogP contribution in [0.15, 0.2) is 18.2 Å². The number of rotatable bonds is 2. The van der Waals surface area contributed by atoms with Crippen LogP contribution in [0.2, 0.25) is 0 Å². The maximum Gasteiger partial charge on any atom is 0.228 e. The summed E-state index contributed by atoms with van der Waals surface area (Å²) in [4.78, 5) is 12.0. The quantitative estimate of drug-likeness (QED) is 0.682. The largest absolute Gasteiger partial charge is 0.505 e. The lowest BCUT2D eigenvalue weighted by atomic mass is 9.98. The third-order valence-electron chi connectivity index (χ3n) is 3.16. The highest BCUT2D eigenvalue weighted by Gasteiger charge is 2.21. The van der Waals surface area contributed by atoms with Gasteiger partial charge in [-0.05, 0) is 37.9 Å². The van der Waals surface area contributed by atoms with E-state index in [-0.39, 0.29) is 17.6 Å². The van der Waals surface area contributed by atoms with Gasteiger partial charge in [0.2, 0.25) is 5.91 Å². The topological polar surface area (TPSA) is 61.4 Å². The Kier molecular flexibility index (Phi) is 3.64. The second kappa shape index (κ2) is 5.19. The van der Waals surface area contributed by atoms with Crippen molar-refractivity contribution in [3.8, 4) is 5.75 Å². The van der Waals surface area contributed by atoms with Gasteiger partial charge in [0.1, 0.15) is 5.75 Å². The van der Waals surface area contributed by atoms with E-state index in [2.05, 4.69) is 10.6 Å². The fourth-order valence-electron chi connectivity index (χ4n) is 2.07. The zero-order valence-corrected chi connectivity index (χ0v) is 9.99. The second-order valence-electron chi connectivity index (χ2n) is 4.50. The van der Waals surface area contributed by atoms with Gasteiger partial charge in [-0.3, -0.25) is 4.79 Å². The van der Waals surface area contributed by atoms with Crippen LogP contribution in [0.5, 0.6) is 5.75 Å². The average molecular weight is 234 g/mol. The molecule has 1 aliphatic rings. The first-order valence-electron chi connectivity index (χ1n) is 5.98. The summed E-state index contributed by atoms with van der Waals surface area (Å²) in [7, 11) is 0. The highest BCUT2D eigenvalue weighted by Crippen LogP contribution is 2.27. The smallest absolute Gasteiger partial charge is 0.228 e. The Morgan fingerprint density at radius 1 is 1.53 bits per heavy atom. The third kappa shape index (κ3) is 2.77. The summed E-state index contributed by atoms with van der Waals surface area (Å²) in [6.07, 6.45) is 1.93. The predicted molar refractivity (Wildman–Crippen MR) is 67.1 cm³/mol. The summed E-state index contributed by atoms with van der Waals surface area (Å²) >= 11 is 0. The van der Waals surface area contributed by atoms with Crippen molar-refractivity contribution < 1.29 is 9.90 Å². The summed E-state index contributed by atoms with van der Waals surface area (Å²) in [6.45, 7) is 3.52. The molecule has 0 aromatic heterocycles. The number of piperidine rings is 1. The maximum atomic E-state index is 12.0. The molecule has 1 heterocycles. The second-order valence-corrected chi connectivity index (χ2v) is 4.50. The van der Waals surface area contributed by atoms with Crippen molar-refractivity contribution in [2.24, 2.45) is 5.92 Å². The summed E-state index contributed by atoms with van der Waals surface area (Å²) in [5, 5.41) is 15.8. The molecule has 2 rings (SSSR count). The summed E-state index contributed by atoms with van der Waals surface area (Å²) in [6, 6.07) is 5.35. The van der Waals surface area contributed by atoms with E-state index in [0.717, 1.165) is 31.5 Å². The first-order chi connectivity index (χ1) is 8.18. The molecule has 1 saturated heterocycles. The highest BCUT2D eigenvalue weighted by molar-refractivity contribution is 5.94. The first kappa shape index (κ1) is 11.9. The Morgan fingerprint density at radius 2 is 2.35 bits per heavy atom. The van der Waals surface area contributed by atoms with E-state index in [1.165, 1.54) is 0 Å². The van der Waals surface area contributed by atoms with E-state index in [0.29, 0.717) is 5.69 Å². The van der Waals surface area contributed by atoms with Crippen molar-refractivity contribution in [1.29, 1.82) is 0 Å². The van der Waals surface area contributed by atoms with E-state index >= 15 is 0 Å². The number of para-hydroxylation sites is 1.